The molecule has 2 aliphatic rings. The van der Waals surface area contributed by atoms with E-state index in [1.165, 1.54) is 11.3 Å². The van der Waals surface area contributed by atoms with Gasteiger partial charge in [-0.2, -0.15) is 9.97 Å². The van der Waals surface area contributed by atoms with Crippen LogP contribution in [0.25, 0.3) is 16.9 Å². The smallest absolute Gasteiger partial charge is 0.231 e. The molecule has 2 fully saturated rings. The summed E-state index contributed by atoms with van der Waals surface area (Å²) in [7, 11) is 0. The highest BCUT2D eigenvalue weighted by molar-refractivity contribution is 5.86. The zero-order chi connectivity index (χ0) is 28.1. The van der Waals surface area contributed by atoms with E-state index in [-0.39, 0.29) is 0 Å². The number of nitrogens with one attached hydrogen (secondary N) is 2. The molecule has 214 valence electrons. The maximum atomic E-state index is 5.50. The summed E-state index contributed by atoms with van der Waals surface area (Å²) in [5.41, 5.74) is 6.06. The molecule has 2 aromatic heterocycles. The number of hydrogen-bond donors (Lipinski definition) is 2. The summed E-state index contributed by atoms with van der Waals surface area (Å²) >= 11 is 0. The number of imidazole rings is 1. The average molecular weight is 561 g/mol. The highest BCUT2D eigenvalue weighted by Gasteiger charge is 2.22. The first-order chi connectivity index (χ1) is 20.8. The average Bonchev–Trinajstić information content (AvgIpc) is 3.48. The van der Waals surface area contributed by atoms with Gasteiger partial charge in [0.05, 0.1) is 13.2 Å². The second kappa shape index (κ2) is 12.2. The van der Waals surface area contributed by atoms with E-state index >= 15 is 0 Å². The van der Waals surface area contributed by atoms with E-state index in [9.17, 15) is 0 Å². The monoisotopic (exact) mass is 560 g/mol. The number of piperidine rings is 1. The molecular weight excluding hydrogens is 524 g/mol. The Morgan fingerprint density at radius 3 is 2.21 bits per heavy atom. The molecule has 0 spiro atoms. The minimum atomic E-state index is 0.317. The van der Waals surface area contributed by atoms with Crippen molar-refractivity contribution in [1.82, 2.24) is 24.4 Å². The number of fused-ring (bicyclic) bond motifs is 1. The highest BCUT2D eigenvalue weighted by Crippen LogP contribution is 2.28. The maximum absolute atomic E-state index is 5.50. The molecule has 0 radical (unpaired) electrons. The molecular formula is C33H36N8O. The largest absolute Gasteiger partial charge is 0.378 e. The van der Waals surface area contributed by atoms with Gasteiger partial charge in [0.15, 0.2) is 17.0 Å². The third-order valence-electron chi connectivity index (χ3n) is 8.11. The lowest BCUT2D eigenvalue weighted by Crippen LogP contribution is -2.38. The van der Waals surface area contributed by atoms with Gasteiger partial charge in [0.25, 0.3) is 0 Å². The van der Waals surface area contributed by atoms with E-state index in [4.69, 9.17) is 19.7 Å². The molecule has 0 amide bonds. The molecule has 2 saturated heterocycles. The van der Waals surface area contributed by atoms with E-state index in [0.29, 0.717) is 12.0 Å². The van der Waals surface area contributed by atoms with Crippen LogP contribution in [0.1, 0.15) is 18.4 Å². The van der Waals surface area contributed by atoms with Gasteiger partial charge in [0, 0.05) is 55.8 Å². The number of hydrogen-bond acceptors (Lipinski definition) is 8. The molecule has 0 aliphatic carbocycles. The van der Waals surface area contributed by atoms with Gasteiger partial charge in [-0.25, -0.2) is 4.98 Å². The van der Waals surface area contributed by atoms with Crippen LogP contribution in [0.3, 0.4) is 0 Å². The van der Waals surface area contributed by atoms with E-state index in [0.717, 1.165) is 87.1 Å². The molecule has 9 heteroatoms. The Hall–Kier alpha value is -4.47. The molecule has 4 heterocycles. The fraction of sp³-hybridized carbons (Fsp3) is 0.303. The molecule has 0 bridgehead atoms. The lowest BCUT2D eigenvalue weighted by Gasteiger charge is -2.32. The van der Waals surface area contributed by atoms with Crippen molar-refractivity contribution in [1.29, 1.82) is 0 Å². The van der Waals surface area contributed by atoms with Crippen LogP contribution in [0, 0.1) is 0 Å². The summed E-state index contributed by atoms with van der Waals surface area (Å²) in [5.74, 6) is 1.31. The van der Waals surface area contributed by atoms with E-state index in [2.05, 4.69) is 87.2 Å². The molecule has 3 aromatic carbocycles. The highest BCUT2D eigenvalue weighted by atomic mass is 16.5. The number of para-hydroxylation sites is 1. The number of ether oxygens (including phenoxy) is 1. The first kappa shape index (κ1) is 26.4. The standard InChI is InChI=1S/C33H36N8O/c1-3-7-25(8-4-1)23-39-17-15-27(16-18-39)35-31-30-32(41(24-34-30)29-9-5-2-6-10-29)38-33(37-31)36-26-11-13-28(14-12-26)40-19-21-42-22-20-40/h1-14,24,27H,15-23H2,(H2,35,36,37,38). The minimum Gasteiger partial charge on any atom is -0.378 e. The van der Waals surface area contributed by atoms with Crippen molar-refractivity contribution in [3.05, 3.63) is 96.8 Å². The molecule has 2 aliphatic heterocycles. The predicted molar refractivity (Wildman–Crippen MR) is 168 cm³/mol. The zero-order valence-corrected chi connectivity index (χ0v) is 23.7. The van der Waals surface area contributed by atoms with Crippen molar-refractivity contribution in [3.63, 3.8) is 0 Å². The summed E-state index contributed by atoms with van der Waals surface area (Å²) in [5, 5.41) is 7.19. The lowest BCUT2D eigenvalue weighted by atomic mass is 10.0. The van der Waals surface area contributed by atoms with E-state index in [1.807, 2.05) is 29.1 Å². The first-order valence-electron chi connectivity index (χ1n) is 14.8. The van der Waals surface area contributed by atoms with Gasteiger partial charge in [-0.15, -0.1) is 0 Å². The van der Waals surface area contributed by atoms with Crippen molar-refractivity contribution in [3.8, 4) is 5.69 Å². The fourth-order valence-electron chi connectivity index (χ4n) is 5.81. The SMILES string of the molecule is c1ccc(CN2CCC(Nc3nc(Nc4ccc(N5CCOCC5)cc4)nc4c3ncn4-c3ccccc3)CC2)cc1. The number of morpholine rings is 1. The molecule has 0 unspecified atom stereocenters. The minimum absolute atomic E-state index is 0.317. The van der Waals surface area contributed by atoms with Gasteiger partial charge >= 0.3 is 0 Å². The van der Waals surface area contributed by atoms with Crippen LogP contribution in [0.15, 0.2) is 91.3 Å². The number of benzene rings is 3. The Labute approximate surface area is 246 Å². The van der Waals surface area contributed by atoms with Crippen LogP contribution in [0.5, 0.6) is 0 Å². The lowest BCUT2D eigenvalue weighted by molar-refractivity contribution is 0.122. The summed E-state index contributed by atoms with van der Waals surface area (Å²) in [6.07, 6.45) is 3.93. The van der Waals surface area contributed by atoms with Gasteiger partial charge < -0.3 is 20.3 Å². The quantitative estimate of drug-likeness (QED) is 0.259. The number of nitrogens with zero attached hydrogens (tertiary/aromatic N) is 6. The van der Waals surface area contributed by atoms with Gasteiger partial charge in [0.2, 0.25) is 5.95 Å². The van der Waals surface area contributed by atoms with E-state index in [1.54, 1.807) is 0 Å². The van der Waals surface area contributed by atoms with Crippen LogP contribution in [0.2, 0.25) is 0 Å². The fourth-order valence-corrected chi connectivity index (χ4v) is 5.81. The molecule has 5 aromatic rings. The third-order valence-corrected chi connectivity index (χ3v) is 8.11. The van der Waals surface area contributed by atoms with Gasteiger partial charge in [-0.05, 0) is 54.8 Å². The predicted octanol–water partition coefficient (Wildman–Crippen LogP) is 5.47. The van der Waals surface area contributed by atoms with Crippen LogP contribution in [-0.2, 0) is 11.3 Å². The first-order valence-corrected chi connectivity index (χ1v) is 14.8. The van der Waals surface area contributed by atoms with Gasteiger partial charge in [-0.3, -0.25) is 9.47 Å². The van der Waals surface area contributed by atoms with Gasteiger partial charge in [0.1, 0.15) is 6.33 Å². The molecule has 7 rings (SSSR count). The Balaban J connectivity index is 1.12. The van der Waals surface area contributed by atoms with Crippen LogP contribution >= 0.6 is 0 Å². The Morgan fingerprint density at radius 2 is 1.48 bits per heavy atom. The second-order valence-electron chi connectivity index (χ2n) is 11.0. The van der Waals surface area contributed by atoms with Crippen LogP contribution in [0.4, 0.5) is 23.1 Å². The number of rotatable bonds is 8. The molecule has 0 atom stereocenters. The number of aromatic nitrogens is 4. The number of likely N-dealkylation sites (tertiary alicyclic amines) is 1. The Morgan fingerprint density at radius 1 is 0.762 bits per heavy atom. The summed E-state index contributed by atoms with van der Waals surface area (Å²) in [6.45, 7) is 6.44. The van der Waals surface area contributed by atoms with E-state index < -0.39 is 0 Å². The van der Waals surface area contributed by atoms with Crippen molar-refractivity contribution < 1.29 is 4.74 Å². The maximum Gasteiger partial charge on any atom is 0.231 e. The van der Waals surface area contributed by atoms with Crippen molar-refractivity contribution in [2.75, 3.05) is 54.9 Å². The van der Waals surface area contributed by atoms with Crippen molar-refractivity contribution in [2.45, 2.75) is 25.4 Å². The molecule has 42 heavy (non-hydrogen) atoms. The zero-order valence-electron chi connectivity index (χ0n) is 23.7. The third kappa shape index (κ3) is 5.93. The van der Waals surface area contributed by atoms with Crippen molar-refractivity contribution >= 4 is 34.3 Å². The topological polar surface area (TPSA) is 83.4 Å². The summed E-state index contributed by atoms with van der Waals surface area (Å²) < 4.78 is 7.53. The Bertz CT molecular complexity index is 1590. The number of anilines is 4. The normalized spacial score (nSPS) is 16.5. The summed E-state index contributed by atoms with van der Waals surface area (Å²) in [6, 6.07) is 29.7. The molecule has 9 nitrogen and oxygen atoms in total. The van der Waals surface area contributed by atoms with Crippen molar-refractivity contribution in [2.24, 2.45) is 0 Å². The molecule has 2 N–H and O–H groups in total. The second-order valence-corrected chi connectivity index (χ2v) is 11.0. The van der Waals surface area contributed by atoms with Crippen LogP contribution < -0.4 is 15.5 Å². The van der Waals surface area contributed by atoms with Crippen LogP contribution in [-0.4, -0.2) is 69.9 Å². The van der Waals surface area contributed by atoms with Gasteiger partial charge in [-0.1, -0.05) is 48.5 Å². The summed E-state index contributed by atoms with van der Waals surface area (Å²) in [4.78, 5) is 19.5. The molecule has 0 saturated carbocycles. The Kier molecular flexibility index (Phi) is 7.67.